The maximum absolute atomic E-state index is 13.7. The molecule has 2 aromatic heterocycles. The highest BCUT2D eigenvalue weighted by molar-refractivity contribution is 6.03. The van der Waals surface area contributed by atoms with E-state index in [2.05, 4.69) is 47.0 Å². The Bertz CT molecular complexity index is 1190. The molecule has 2 aromatic rings. The van der Waals surface area contributed by atoms with Gasteiger partial charge in [-0.3, -0.25) is 9.78 Å². The lowest BCUT2D eigenvalue weighted by molar-refractivity contribution is -0.128. The van der Waals surface area contributed by atoms with Gasteiger partial charge in [0.1, 0.15) is 6.33 Å². The van der Waals surface area contributed by atoms with Crippen LogP contribution in [0.5, 0.6) is 0 Å². The van der Waals surface area contributed by atoms with Gasteiger partial charge in [-0.2, -0.15) is 5.26 Å². The maximum atomic E-state index is 13.7. The highest BCUT2D eigenvalue weighted by Gasteiger charge is 2.37. The average molecular weight is 512 g/mol. The molecule has 38 heavy (non-hydrogen) atoms. The summed E-state index contributed by atoms with van der Waals surface area (Å²) in [7, 11) is 0. The molecule has 2 fully saturated rings. The summed E-state index contributed by atoms with van der Waals surface area (Å²) in [5.74, 6) is 0.605. The zero-order chi connectivity index (χ0) is 27.5. The van der Waals surface area contributed by atoms with Gasteiger partial charge in [0, 0.05) is 42.7 Å². The van der Waals surface area contributed by atoms with Gasteiger partial charge in [-0.25, -0.2) is 9.97 Å². The second-order valence-corrected chi connectivity index (χ2v) is 10.1. The van der Waals surface area contributed by atoms with Crippen molar-refractivity contribution < 1.29 is 4.79 Å². The molecule has 1 aliphatic heterocycles. The molecule has 200 valence electrons. The van der Waals surface area contributed by atoms with Gasteiger partial charge in [0.15, 0.2) is 0 Å². The number of hydrogen-bond acceptors (Lipinski definition) is 5. The minimum absolute atomic E-state index is 0.0214. The molecule has 6 nitrogen and oxygen atoms in total. The molecule has 0 N–H and O–H groups in total. The molecule has 0 spiro atoms. The fourth-order valence-electron chi connectivity index (χ4n) is 4.62. The number of pyridine rings is 1. The van der Waals surface area contributed by atoms with Crippen LogP contribution in [0.15, 0.2) is 66.3 Å². The Morgan fingerprint density at radius 1 is 1.16 bits per heavy atom. The average Bonchev–Trinajstić information content (AvgIpc) is 3.83. The molecular formula is C32H41N5O. The van der Waals surface area contributed by atoms with E-state index in [1.807, 2.05) is 56.2 Å². The van der Waals surface area contributed by atoms with Crippen molar-refractivity contribution in [1.82, 2.24) is 19.9 Å². The minimum atomic E-state index is -0.470. The lowest BCUT2D eigenvalue weighted by atomic mass is 9.75. The smallest absolute Gasteiger partial charge is 0.254 e. The number of rotatable bonds is 8. The van der Waals surface area contributed by atoms with E-state index in [0.29, 0.717) is 43.8 Å². The fraction of sp³-hybridized carbons (Fsp3) is 0.469. The summed E-state index contributed by atoms with van der Waals surface area (Å²) < 4.78 is 0. The van der Waals surface area contributed by atoms with E-state index in [1.165, 1.54) is 30.4 Å². The quantitative estimate of drug-likeness (QED) is 0.286. The van der Waals surface area contributed by atoms with Crippen LogP contribution in [0.2, 0.25) is 0 Å². The summed E-state index contributed by atoms with van der Waals surface area (Å²) in [6.07, 6.45) is 16.4. The van der Waals surface area contributed by atoms with Gasteiger partial charge in [0.2, 0.25) is 0 Å². The van der Waals surface area contributed by atoms with Gasteiger partial charge in [-0.05, 0) is 81.7 Å². The first-order valence-electron chi connectivity index (χ1n) is 13.9. The van der Waals surface area contributed by atoms with Crippen LogP contribution in [0.4, 0.5) is 0 Å². The van der Waals surface area contributed by atoms with Crippen molar-refractivity contribution in [2.45, 2.75) is 79.1 Å². The Balaban J connectivity index is 0.00000195. The van der Waals surface area contributed by atoms with Crippen LogP contribution < -0.4 is 0 Å². The zero-order valence-corrected chi connectivity index (χ0v) is 23.6. The number of hydrogen-bond donors (Lipinski definition) is 0. The summed E-state index contributed by atoms with van der Waals surface area (Å²) in [4.78, 5) is 28.5. The van der Waals surface area contributed by atoms with Crippen molar-refractivity contribution in [3.8, 4) is 6.07 Å². The van der Waals surface area contributed by atoms with Crippen LogP contribution in [0.3, 0.4) is 0 Å². The van der Waals surface area contributed by atoms with Gasteiger partial charge in [-0.1, -0.05) is 44.6 Å². The molecule has 4 rings (SSSR count). The molecule has 1 saturated heterocycles. The van der Waals surface area contributed by atoms with Gasteiger partial charge >= 0.3 is 0 Å². The predicted molar refractivity (Wildman–Crippen MR) is 153 cm³/mol. The van der Waals surface area contributed by atoms with E-state index >= 15 is 0 Å². The van der Waals surface area contributed by atoms with Crippen molar-refractivity contribution in [3.05, 3.63) is 83.2 Å². The van der Waals surface area contributed by atoms with E-state index in [4.69, 9.17) is 0 Å². The third kappa shape index (κ3) is 7.47. The Morgan fingerprint density at radius 3 is 2.45 bits per heavy atom. The van der Waals surface area contributed by atoms with Gasteiger partial charge < -0.3 is 4.90 Å². The second kappa shape index (κ2) is 13.8. The van der Waals surface area contributed by atoms with Crippen LogP contribution in [0, 0.1) is 16.7 Å². The van der Waals surface area contributed by atoms with E-state index in [0.717, 1.165) is 23.3 Å². The van der Waals surface area contributed by atoms with Crippen LogP contribution in [0.1, 0.15) is 89.6 Å². The lowest BCUT2D eigenvalue weighted by Crippen LogP contribution is -2.44. The zero-order valence-electron chi connectivity index (χ0n) is 23.6. The summed E-state index contributed by atoms with van der Waals surface area (Å²) in [6, 6.07) is 8.65. The highest BCUT2D eigenvalue weighted by atomic mass is 16.2. The largest absolute Gasteiger partial charge is 0.339 e. The SMILES string of the molecule is CC.CC/C(C)=C/C=C\C(C(=O)N1CCC(C#N)(Cc2ccc(C3CC3)nc2)CC1)=C(/C)c1ccncn1. The maximum Gasteiger partial charge on any atom is 0.254 e. The van der Waals surface area contributed by atoms with Crippen LogP contribution >= 0.6 is 0 Å². The third-order valence-corrected chi connectivity index (χ3v) is 7.43. The Kier molecular flexibility index (Phi) is 10.5. The first-order chi connectivity index (χ1) is 18.4. The fourth-order valence-corrected chi connectivity index (χ4v) is 4.62. The standard InChI is InChI=1S/C30H35N5O.C2H6/c1-4-22(2)6-5-7-26(23(3)27-12-15-32-21-34-27)29(36)35-16-13-30(20-31,14-17-35)18-24-8-11-28(33-19-24)25-9-10-25;1-2/h5-8,11-12,15,19,21,25H,4,9-10,13-14,16-18H2,1-3H3;1-2H3/b7-5-,22-6+,26-23-;. The number of nitrogens with zero attached hydrogens (tertiary/aromatic N) is 5. The van der Waals surface area contributed by atoms with Crippen LogP contribution in [-0.2, 0) is 11.2 Å². The monoisotopic (exact) mass is 511 g/mol. The summed E-state index contributed by atoms with van der Waals surface area (Å²) >= 11 is 0. The molecule has 0 aromatic carbocycles. The first kappa shape index (κ1) is 29.0. The van der Waals surface area contributed by atoms with E-state index < -0.39 is 5.41 Å². The van der Waals surface area contributed by atoms with Crippen molar-refractivity contribution >= 4 is 11.5 Å². The van der Waals surface area contributed by atoms with E-state index in [1.54, 1.807) is 6.20 Å². The number of piperidine rings is 1. The lowest BCUT2D eigenvalue weighted by Gasteiger charge is -2.37. The Morgan fingerprint density at radius 2 is 1.89 bits per heavy atom. The molecule has 0 bridgehead atoms. The van der Waals surface area contributed by atoms with Crippen LogP contribution in [-0.4, -0.2) is 38.8 Å². The van der Waals surface area contributed by atoms with E-state index in [-0.39, 0.29) is 5.91 Å². The third-order valence-electron chi connectivity index (χ3n) is 7.43. The Hall–Kier alpha value is -3.59. The van der Waals surface area contributed by atoms with Crippen molar-refractivity contribution in [2.24, 2.45) is 5.41 Å². The molecule has 1 saturated carbocycles. The molecule has 1 aliphatic carbocycles. The van der Waals surface area contributed by atoms with Gasteiger partial charge in [0.25, 0.3) is 5.91 Å². The van der Waals surface area contributed by atoms with Crippen molar-refractivity contribution in [3.63, 3.8) is 0 Å². The highest BCUT2D eigenvalue weighted by Crippen LogP contribution is 2.39. The number of nitriles is 1. The molecule has 3 heterocycles. The number of carbonyl (C=O) groups excluding carboxylic acids is 1. The Labute approximate surface area is 228 Å². The topological polar surface area (TPSA) is 82.8 Å². The van der Waals surface area contributed by atoms with Crippen molar-refractivity contribution in [2.75, 3.05) is 13.1 Å². The first-order valence-corrected chi connectivity index (χ1v) is 13.9. The number of amides is 1. The predicted octanol–water partition coefficient (Wildman–Crippen LogP) is 6.84. The van der Waals surface area contributed by atoms with Crippen LogP contribution in [0.25, 0.3) is 5.57 Å². The van der Waals surface area contributed by atoms with Crippen molar-refractivity contribution in [1.29, 1.82) is 5.26 Å². The molecule has 1 amide bonds. The minimum Gasteiger partial charge on any atom is -0.339 e. The number of likely N-dealkylation sites (tertiary alicyclic amines) is 1. The summed E-state index contributed by atoms with van der Waals surface area (Å²) in [5, 5.41) is 10.1. The molecule has 0 radical (unpaired) electrons. The van der Waals surface area contributed by atoms with E-state index in [9.17, 15) is 10.1 Å². The molecule has 0 atom stereocenters. The normalized spacial score (nSPS) is 17.8. The number of carbonyl (C=O) groups is 1. The van der Waals surface area contributed by atoms with Gasteiger partial charge in [0.05, 0.1) is 17.2 Å². The molecule has 2 aliphatic rings. The molecule has 0 unspecified atom stereocenters. The summed E-state index contributed by atoms with van der Waals surface area (Å²) in [6.45, 7) is 11.2. The number of aromatic nitrogens is 3. The molecule has 6 heteroatoms. The number of allylic oxidation sites excluding steroid dienone is 4. The van der Waals surface area contributed by atoms with Gasteiger partial charge in [-0.15, -0.1) is 0 Å². The molecular weight excluding hydrogens is 470 g/mol. The second-order valence-electron chi connectivity index (χ2n) is 10.1. The summed E-state index contributed by atoms with van der Waals surface area (Å²) in [5.41, 5.74) is 5.22.